The fraction of sp³-hybridized carbons (Fsp3) is 0.818. The average molecular weight is 559 g/mol. The molecule has 0 aliphatic heterocycles. The molecule has 4 aliphatic carbocycles. The number of aliphatic hydroxyl groups excluding tert-OH is 1. The van der Waals surface area contributed by atoms with Crippen molar-refractivity contribution in [2.75, 3.05) is 0 Å². The second-order valence-corrected chi connectivity index (χ2v) is 26.0. The highest BCUT2D eigenvalue weighted by Crippen LogP contribution is 2.65. The Morgan fingerprint density at radius 3 is 2.03 bits per heavy atom. The first-order chi connectivity index (χ1) is 17.2. The maximum absolute atomic E-state index is 11.0. The molecule has 0 radical (unpaired) electrons. The van der Waals surface area contributed by atoms with Gasteiger partial charge in [0.25, 0.3) is 0 Å². The van der Waals surface area contributed by atoms with Crippen molar-refractivity contribution in [2.45, 2.75) is 149 Å². The molecule has 0 aromatic rings. The van der Waals surface area contributed by atoms with Crippen LogP contribution in [0.1, 0.15) is 94.4 Å². The molecule has 7 atom stereocenters. The van der Waals surface area contributed by atoms with Gasteiger partial charge in [0.1, 0.15) is 0 Å². The molecular formula is C33H58O3Si2. The van der Waals surface area contributed by atoms with Crippen molar-refractivity contribution in [3.63, 3.8) is 0 Å². The van der Waals surface area contributed by atoms with Crippen LogP contribution < -0.4 is 0 Å². The van der Waals surface area contributed by atoms with E-state index in [0.717, 1.165) is 25.7 Å². The van der Waals surface area contributed by atoms with Crippen LogP contribution in [0.4, 0.5) is 0 Å². The standard InChI is InChI=1S/C33H58O3Si2/c1-14-25-28(34)21-27-24-16-15-22-19-23(35-37(10,11)30(2,3)4)20-29(36-38(12,13)31(5,6)7)33(22,9)26(24)17-18-32(25,27)8/h14-16,23,26-29,34H,17-21H2,1-13H3/b25-14-/t23-,26?,27?,28?,29+,32-,33+/m1/s1. The largest absolute Gasteiger partial charge is 0.414 e. The molecule has 0 heterocycles. The minimum Gasteiger partial charge on any atom is -0.414 e. The molecule has 0 aromatic carbocycles. The van der Waals surface area contributed by atoms with Crippen molar-refractivity contribution in [3.8, 4) is 0 Å². The summed E-state index contributed by atoms with van der Waals surface area (Å²) >= 11 is 0. The van der Waals surface area contributed by atoms with Crippen LogP contribution in [0.25, 0.3) is 0 Å². The number of rotatable bonds is 4. The molecule has 4 aliphatic rings. The highest BCUT2D eigenvalue weighted by Gasteiger charge is 2.60. The third-order valence-electron chi connectivity index (χ3n) is 12.3. The molecule has 216 valence electrons. The second-order valence-electron chi connectivity index (χ2n) is 16.5. The van der Waals surface area contributed by atoms with Gasteiger partial charge in [0.15, 0.2) is 16.6 Å². The van der Waals surface area contributed by atoms with Crippen LogP contribution >= 0.6 is 0 Å². The SMILES string of the molecule is C/C=C1/C(O)CC2C3=CC=C4C[C@@H](O[Si](C)(C)C(C)(C)C)C[C@H](O[Si](C)(C)C(C)(C)C)[C@]4(C)C3CC[C@]12C. The van der Waals surface area contributed by atoms with Crippen LogP contribution in [0.3, 0.4) is 0 Å². The van der Waals surface area contributed by atoms with E-state index in [1.54, 1.807) is 11.1 Å². The van der Waals surface area contributed by atoms with Crippen LogP contribution in [-0.4, -0.2) is 40.1 Å². The lowest BCUT2D eigenvalue weighted by Gasteiger charge is -2.59. The normalized spacial score (nSPS) is 39.3. The molecule has 3 saturated carbocycles. The number of aliphatic hydroxyl groups is 1. The number of hydrogen-bond acceptors (Lipinski definition) is 3. The zero-order chi connectivity index (χ0) is 28.7. The molecule has 5 heteroatoms. The molecule has 1 N–H and O–H groups in total. The molecule has 0 amide bonds. The molecule has 3 unspecified atom stereocenters. The summed E-state index contributed by atoms with van der Waals surface area (Å²) in [6, 6.07) is 0. The molecule has 4 rings (SSSR count). The van der Waals surface area contributed by atoms with E-state index < -0.39 is 16.6 Å². The number of hydrogen-bond donors (Lipinski definition) is 1. The minimum absolute atomic E-state index is 0.0160. The molecule has 0 bridgehead atoms. The van der Waals surface area contributed by atoms with Gasteiger partial charge in [-0.15, -0.1) is 0 Å². The van der Waals surface area contributed by atoms with E-state index in [4.69, 9.17) is 8.85 Å². The molecule has 3 fully saturated rings. The summed E-state index contributed by atoms with van der Waals surface area (Å²) < 4.78 is 14.5. The third kappa shape index (κ3) is 4.74. The summed E-state index contributed by atoms with van der Waals surface area (Å²) in [6.07, 6.45) is 12.4. The van der Waals surface area contributed by atoms with Gasteiger partial charge in [-0.05, 0) is 98.1 Å². The smallest absolute Gasteiger partial charge is 0.192 e. The van der Waals surface area contributed by atoms with Gasteiger partial charge >= 0.3 is 0 Å². The first-order valence-corrected chi connectivity index (χ1v) is 21.1. The molecule has 38 heavy (non-hydrogen) atoms. The van der Waals surface area contributed by atoms with E-state index in [-0.39, 0.29) is 39.2 Å². The molecular weight excluding hydrogens is 501 g/mol. The Balaban J connectivity index is 1.76. The Labute approximate surface area is 236 Å². The van der Waals surface area contributed by atoms with E-state index >= 15 is 0 Å². The quantitative estimate of drug-likeness (QED) is 0.276. The van der Waals surface area contributed by atoms with Gasteiger partial charge in [-0.2, -0.15) is 0 Å². The van der Waals surface area contributed by atoms with Gasteiger partial charge in [-0.3, -0.25) is 0 Å². The Morgan fingerprint density at radius 2 is 1.47 bits per heavy atom. The maximum atomic E-state index is 11.0. The summed E-state index contributed by atoms with van der Waals surface area (Å²) in [7, 11) is -3.91. The Bertz CT molecular complexity index is 1020. The van der Waals surface area contributed by atoms with Crippen molar-refractivity contribution in [1.82, 2.24) is 0 Å². The zero-order valence-corrected chi connectivity index (χ0v) is 28.9. The van der Waals surface area contributed by atoms with E-state index in [2.05, 4.69) is 107 Å². The summed E-state index contributed by atoms with van der Waals surface area (Å²) in [5.41, 5.74) is 4.45. The Hall–Kier alpha value is -0.466. The van der Waals surface area contributed by atoms with E-state index in [0.29, 0.717) is 11.8 Å². The molecule has 0 spiro atoms. The highest BCUT2D eigenvalue weighted by molar-refractivity contribution is 6.74. The molecule has 0 saturated heterocycles. The van der Waals surface area contributed by atoms with E-state index in [1.165, 1.54) is 12.0 Å². The first-order valence-electron chi connectivity index (χ1n) is 15.3. The van der Waals surface area contributed by atoms with Gasteiger partial charge in [-0.1, -0.05) is 84.8 Å². The predicted octanol–water partition coefficient (Wildman–Crippen LogP) is 9.18. The fourth-order valence-corrected chi connectivity index (χ4v) is 10.6. The minimum atomic E-state index is -2.01. The molecule has 0 aromatic heterocycles. The van der Waals surface area contributed by atoms with Crippen molar-refractivity contribution in [1.29, 1.82) is 0 Å². The van der Waals surface area contributed by atoms with Crippen LogP contribution in [0, 0.1) is 22.7 Å². The van der Waals surface area contributed by atoms with E-state index in [1.807, 2.05) is 0 Å². The van der Waals surface area contributed by atoms with E-state index in [9.17, 15) is 5.11 Å². The Kier molecular flexibility index (Phi) is 7.66. The Morgan fingerprint density at radius 1 is 0.895 bits per heavy atom. The second kappa shape index (κ2) is 9.54. The van der Waals surface area contributed by atoms with Crippen LogP contribution in [0.5, 0.6) is 0 Å². The van der Waals surface area contributed by atoms with Gasteiger partial charge in [-0.25, -0.2) is 0 Å². The predicted molar refractivity (Wildman–Crippen MR) is 166 cm³/mol. The van der Waals surface area contributed by atoms with Crippen LogP contribution in [0.15, 0.2) is 34.9 Å². The van der Waals surface area contributed by atoms with Crippen molar-refractivity contribution < 1.29 is 14.0 Å². The van der Waals surface area contributed by atoms with Gasteiger partial charge in [0.05, 0.1) is 18.3 Å². The number of fused-ring (bicyclic) bond motifs is 5. The summed E-state index contributed by atoms with van der Waals surface area (Å²) in [5.74, 6) is 0.902. The van der Waals surface area contributed by atoms with Crippen molar-refractivity contribution in [3.05, 3.63) is 34.9 Å². The lowest BCUT2D eigenvalue weighted by Crippen LogP contribution is -2.58. The third-order valence-corrected chi connectivity index (χ3v) is 21.3. The summed E-state index contributed by atoms with van der Waals surface area (Å²) in [6.45, 7) is 30.8. The fourth-order valence-electron chi connectivity index (χ4n) is 7.79. The van der Waals surface area contributed by atoms with Gasteiger partial charge in [0, 0.05) is 5.41 Å². The van der Waals surface area contributed by atoms with Crippen LogP contribution in [-0.2, 0) is 8.85 Å². The summed E-state index contributed by atoms with van der Waals surface area (Å²) in [4.78, 5) is 0. The topological polar surface area (TPSA) is 38.7 Å². The van der Waals surface area contributed by atoms with Gasteiger partial charge < -0.3 is 14.0 Å². The van der Waals surface area contributed by atoms with Gasteiger partial charge in [0.2, 0.25) is 0 Å². The maximum Gasteiger partial charge on any atom is 0.192 e. The lowest BCUT2D eigenvalue weighted by molar-refractivity contribution is -0.0381. The first kappa shape index (κ1) is 30.5. The van der Waals surface area contributed by atoms with Crippen molar-refractivity contribution >= 4 is 16.6 Å². The average Bonchev–Trinajstić information content (AvgIpc) is 3.02. The lowest BCUT2D eigenvalue weighted by atomic mass is 9.50. The zero-order valence-electron chi connectivity index (χ0n) is 26.9. The highest BCUT2D eigenvalue weighted by atomic mass is 28.4. The molecule has 3 nitrogen and oxygen atoms in total. The monoisotopic (exact) mass is 558 g/mol. The number of allylic oxidation sites excluding steroid dienone is 4. The summed E-state index contributed by atoms with van der Waals surface area (Å²) in [5, 5.41) is 11.4. The van der Waals surface area contributed by atoms with Crippen molar-refractivity contribution in [2.24, 2.45) is 22.7 Å². The van der Waals surface area contributed by atoms with Crippen LogP contribution in [0.2, 0.25) is 36.3 Å².